The van der Waals surface area contributed by atoms with Crippen LogP contribution < -0.4 is 10.1 Å². The summed E-state index contributed by atoms with van der Waals surface area (Å²) in [6.07, 6.45) is 0. The maximum atomic E-state index is 12.4. The van der Waals surface area contributed by atoms with Crippen molar-refractivity contribution in [2.75, 3.05) is 20.2 Å². The van der Waals surface area contributed by atoms with Gasteiger partial charge in [-0.25, -0.2) is 0 Å². The fraction of sp³-hybridized carbons (Fsp3) is 0.348. The highest BCUT2D eigenvalue weighted by atomic mass is 16.5. The van der Waals surface area contributed by atoms with E-state index in [1.165, 1.54) is 0 Å². The van der Waals surface area contributed by atoms with Crippen LogP contribution in [-0.2, 0) is 22.7 Å². The fourth-order valence-electron chi connectivity index (χ4n) is 3.38. The predicted octanol–water partition coefficient (Wildman–Crippen LogP) is 2.20. The molecule has 158 valence electrons. The number of hydrogen-bond donors (Lipinski definition) is 1. The molecular formula is C23H27N3O4. The van der Waals surface area contributed by atoms with Crippen molar-refractivity contribution < 1.29 is 19.1 Å². The van der Waals surface area contributed by atoms with E-state index in [4.69, 9.17) is 4.74 Å². The van der Waals surface area contributed by atoms with Crippen LogP contribution in [0.1, 0.15) is 35.3 Å². The molecule has 7 heteroatoms. The average Bonchev–Trinajstić information content (AvgIpc) is 2.75. The van der Waals surface area contributed by atoms with Crippen molar-refractivity contribution >= 4 is 17.7 Å². The second-order valence-electron chi connectivity index (χ2n) is 7.55. The Kier molecular flexibility index (Phi) is 6.72. The van der Waals surface area contributed by atoms with E-state index in [0.717, 1.165) is 16.9 Å². The summed E-state index contributed by atoms with van der Waals surface area (Å²) in [6.45, 7) is 5.59. The zero-order valence-electron chi connectivity index (χ0n) is 17.6. The van der Waals surface area contributed by atoms with E-state index < -0.39 is 11.8 Å². The second-order valence-corrected chi connectivity index (χ2v) is 7.55. The molecule has 0 spiro atoms. The molecule has 1 aliphatic rings. The molecule has 0 bridgehead atoms. The maximum absolute atomic E-state index is 12.4. The van der Waals surface area contributed by atoms with E-state index in [1.54, 1.807) is 29.0 Å². The minimum absolute atomic E-state index is 0.0124. The van der Waals surface area contributed by atoms with E-state index >= 15 is 0 Å². The van der Waals surface area contributed by atoms with Gasteiger partial charge in [-0.05, 0) is 49.2 Å². The molecule has 0 unspecified atom stereocenters. The van der Waals surface area contributed by atoms with Gasteiger partial charge in [0.15, 0.2) is 0 Å². The SMILES string of the molecule is COc1cccc(CNC(=O)c2ccc(CN3CCN(C(C)C)C(=O)C3=O)cc2)c1. The van der Waals surface area contributed by atoms with E-state index in [9.17, 15) is 14.4 Å². The van der Waals surface area contributed by atoms with Gasteiger partial charge in [0.05, 0.1) is 7.11 Å². The molecule has 0 saturated carbocycles. The minimum Gasteiger partial charge on any atom is -0.497 e. The normalized spacial score (nSPS) is 14.3. The van der Waals surface area contributed by atoms with Crippen molar-refractivity contribution in [3.05, 3.63) is 65.2 Å². The Hall–Kier alpha value is -3.35. The van der Waals surface area contributed by atoms with Gasteiger partial charge in [0.25, 0.3) is 5.91 Å². The summed E-state index contributed by atoms with van der Waals surface area (Å²) in [5, 5.41) is 2.89. The average molecular weight is 409 g/mol. The number of piperazine rings is 1. The molecule has 30 heavy (non-hydrogen) atoms. The minimum atomic E-state index is -0.477. The van der Waals surface area contributed by atoms with Crippen molar-refractivity contribution in [1.29, 1.82) is 0 Å². The Morgan fingerprint density at radius 2 is 1.77 bits per heavy atom. The number of ether oxygens (including phenoxy) is 1. The Labute approximate surface area is 176 Å². The monoisotopic (exact) mass is 409 g/mol. The third-order valence-corrected chi connectivity index (χ3v) is 5.14. The lowest BCUT2D eigenvalue weighted by molar-refractivity contribution is -0.157. The van der Waals surface area contributed by atoms with Crippen LogP contribution in [-0.4, -0.2) is 53.8 Å². The van der Waals surface area contributed by atoms with E-state index in [0.29, 0.717) is 31.7 Å². The summed E-state index contributed by atoms with van der Waals surface area (Å²) < 4.78 is 5.19. The van der Waals surface area contributed by atoms with Gasteiger partial charge in [0.1, 0.15) is 5.75 Å². The molecule has 0 atom stereocenters. The van der Waals surface area contributed by atoms with Crippen molar-refractivity contribution in [3.63, 3.8) is 0 Å². The molecule has 2 aromatic rings. The Bertz CT molecular complexity index is 924. The van der Waals surface area contributed by atoms with Crippen LogP contribution in [0.5, 0.6) is 5.75 Å². The summed E-state index contributed by atoms with van der Waals surface area (Å²) in [4.78, 5) is 40.1. The lowest BCUT2D eigenvalue weighted by Crippen LogP contribution is -2.55. The summed E-state index contributed by atoms with van der Waals surface area (Å²) in [5.74, 6) is -0.366. The number of nitrogens with one attached hydrogen (secondary N) is 1. The first-order chi connectivity index (χ1) is 14.4. The number of carbonyl (C=O) groups is 3. The lowest BCUT2D eigenvalue weighted by atomic mass is 10.1. The molecule has 1 fully saturated rings. The molecule has 0 aromatic heterocycles. The van der Waals surface area contributed by atoms with Crippen LogP contribution in [0, 0.1) is 0 Å². The number of carbonyl (C=O) groups excluding carboxylic acids is 3. The maximum Gasteiger partial charge on any atom is 0.312 e. The zero-order valence-corrected chi connectivity index (χ0v) is 17.6. The molecule has 1 N–H and O–H groups in total. The van der Waals surface area contributed by atoms with E-state index in [1.807, 2.05) is 50.2 Å². The number of benzene rings is 2. The van der Waals surface area contributed by atoms with E-state index in [-0.39, 0.29) is 11.9 Å². The number of amides is 3. The quantitative estimate of drug-likeness (QED) is 0.711. The molecule has 3 amide bonds. The van der Waals surface area contributed by atoms with Gasteiger partial charge >= 0.3 is 11.8 Å². The first-order valence-electron chi connectivity index (χ1n) is 9.99. The molecule has 1 saturated heterocycles. The first-order valence-corrected chi connectivity index (χ1v) is 9.99. The first kappa shape index (κ1) is 21.4. The van der Waals surface area contributed by atoms with Crippen molar-refractivity contribution in [1.82, 2.24) is 15.1 Å². The highest BCUT2D eigenvalue weighted by Crippen LogP contribution is 2.15. The van der Waals surface area contributed by atoms with Crippen molar-refractivity contribution in [2.45, 2.75) is 33.0 Å². The van der Waals surface area contributed by atoms with Crippen LogP contribution in [0.15, 0.2) is 48.5 Å². The highest BCUT2D eigenvalue weighted by molar-refractivity contribution is 6.35. The summed E-state index contributed by atoms with van der Waals surface area (Å²) >= 11 is 0. The van der Waals surface area contributed by atoms with Crippen LogP contribution in [0.2, 0.25) is 0 Å². The van der Waals surface area contributed by atoms with Gasteiger partial charge in [-0.15, -0.1) is 0 Å². The zero-order chi connectivity index (χ0) is 21.7. The van der Waals surface area contributed by atoms with E-state index in [2.05, 4.69) is 5.32 Å². The summed E-state index contributed by atoms with van der Waals surface area (Å²) in [6, 6.07) is 14.6. The van der Waals surface area contributed by atoms with Crippen LogP contribution >= 0.6 is 0 Å². The standard InChI is InChI=1S/C23H27N3O4/c1-16(2)26-12-11-25(22(28)23(26)29)15-17-7-9-19(10-8-17)21(27)24-14-18-5-4-6-20(13-18)30-3/h4-10,13,16H,11-12,14-15H2,1-3H3,(H,24,27). The molecule has 1 heterocycles. The Morgan fingerprint density at radius 1 is 1.03 bits per heavy atom. The Morgan fingerprint density at radius 3 is 2.43 bits per heavy atom. The number of rotatable bonds is 7. The largest absolute Gasteiger partial charge is 0.497 e. The molecule has 0 aliphatic carbocycles. The molecule has 7 nitrogen and oxygen atoms in total. The van der Waals surface area contributed by atoms with Crippen LogP contribution in [0.3, 0.4) is 0 Å². The highest BCUT2D eigenvalue weighted by Gasteiger charge is 2.33. The molecular weight excluding hydrogens is 382 g/mol. The Balaban J connectivity index is 1.56. The lowest BCUT2D eigenvalue weighted by Gasteiger charge is -2.36. The predicted molar refractivity (Wildman–Crippen MR) is 113 cm³/mol. The molecule has 2 aromatic carbocycles. The van der Waals surface area contributed by atoms with Gasteiger partial charge < -0.3 is 19.9 Å². The number of hydrogen-bond acceptors (Lipinski definition) is 4. The van der Waals surface area contributed by atoms with Crippen molar-refractivity contribution in [3.8, 4) is 5.75 Å². The number of nitrogens with zero attached hydrogens (tertiary/aromatic N) is 2. The van der Waals surface area contributed by atoms with Gasteiger partial charge in [-0.2, -0.15) is 0 Å². The smallest absolute Gasteiger partial charge is 0.312 e. The second kappa shape index (κ2) is 9.43. The van der Waals surface area contributed by atoms with Crippen LogP contribution in [0.4, 0.5) is 0 Å². The molecule has 1 aliphatic heterocycles. The topological polar surface area (TPSA) is 79.0 Å². The summed E-state index contributed by atoms with van der Waals surface area (Å²) in [5.41, 5.74) is 2.36. The van der Waals surface area contributed by atoms with Crippen molar-refractivity contribution in [2.24, 2.45) is 0 Å². The third-order valence-electron chi connectivity index (χ3n) is 5.14. The van der Waals surface area contributed by atoms with Gasteiger partial charge in [0.2, 0.25) is 0 Å². The fourth-order valence-corrected chi connectivity index (χ4v) is 3.38. The number of methoxy groups -OCH3 is 1. The van der Waals surface area contributed by atoms with Crippen LogP contribution in [0.25, 0.3) is 0 Å². The summed E-state index contributed by atoms with van der Waals surface area (Å²) in [7, 11) is 1.60. The van der Waals surface area contributed by atoms with Gasteiger partial charge in [-0.3, -0.25) is 14.4 Å². The molecule has 0 radical (unpaired) electrons. The van der Waals surface area contributed by atoms with Gasteiger partial charge in [0, 0.05) is 37.8 Å². The third kappa shape index (κ3) is 4.97. The molecule has 3 rings (SSSR count). The van der Waals surface area contributed by atoms with Gasteiger partial charge in [-0.1, -0.05) is 24.3 Å².